The Morgan fingerprint density at radius 1 is 0.878 bits per heavy atom. The highest BCUT2D eigenvalue weighted by molar-refractivity contribution is 5.89. The summed E-state index contributed by atoms with van der Waals surface area (Å²) in [7, 11) is 4.39. The summed E-state index contributed by atoms with van der Waals surface area (Å²) in [4.78, 5) is 12.3. The number of carbonyl (C=O) groups excluding carboxylic acids is 1. The van der Waals surface area contributed by atoms with Crippen LogP contribution in [-0.4, -0.2) is 121 Å². The van der Waals surface area contributed by atoms with E-state index >= 15 is 0 Å². The van der Waals surface area contributed by atoms with Crippen LogP contribution in [0.3, 0.4) is 0 Å². The van der Waals surface area contributed by atoms with Crippen LogP contribution >= 0.6 is 0 Å². The van der Waals surface area contributed by atoms with Crippen LogP contribution in [0.2, 0.25) is 0 Å². The lowest BCUT2D eigenvalue weighted by Crippen LogP contribution is -2.60. The fourth-order valence-electron chi connectivity index (χ4n) is 4.29. The molecule has 0 amide bonds. The van der Waals surface area contributed by atoms with Crippen molar-refractivity contribution in [2.24, 2.45) is 0 Å². The van der Waals surface area contributed by atoms with Crippen LogP contribution in [0.1, 0.15) is 10.4 Å². The molecule has 0 aliphatic carbocycles. The molecule has 2 heterocycles. The van der Waals surface area contributed by atoms with E-state index in [-0.39, 0.29) is 11.3 Å². The number of esters is 1. The molecule has 2 aromatic carbocycles. The van der Waals surface area contributed by atoms with Crippen molar-refractivity contribution in [1.82, 2.24) is 0 Å². The second-order valence-corrected chi connectivity index (χ2v) is 9.52. The van der Waals surface area contributed by atoms with Crippen molar-refractivity contribution in [3.05, 3.63) is 48.0 Å². The standard InChI is InChI=1S/C27H34O14/c1-34-15-6-4-14(5-7-15)24(32)38-12-27(33)13-39-26(23(27)31)37-11-19-20(28)21(29)22(30)25(41-19)40-16-8-9-17(35-2)18(10-16)36-3/h4-10,19-23,25-26,28-31,33H,11-13H2,1-3H3/t19-,20-,21+,22-,23+,25-,26-,27-/m1/s1. The Hall–Kier alpha value is -3.21. The summed E-state index contributed by atoms with van der Waals surface area (Å²) in [5.41, 5.74) is -1.77. The summed E-state index contributed by atoms with van der Waals surface area (Å²) >= 11 is 0. The van der Waals surface area contributed by atoms with Gasteiger partial charge in [0.25, 0.3) is 0 Å². The monoisotopic (exact) mass is 582 g/mol. The molecule has 14 heteroatoms. The molecule has 4 rings (SSSR count). The van der Waals surface area contributed by atoms with Crippen molar-refractivity contribution in [2.75, 3.05) is 41.2 Å². The van der Waals surface area contributed by atoms with E-state index in [4.69, 9.17) is 37.9 Å². The third kappa shape index (κ3) is 6.82. The van der Waals surface area contributed by atoms with Crippen molar-refractivity contribution in [1.29, 1.82) is 0 Å². The first kappa shape index (κ1) is 30.7. The first-order chi connectivity index (χ1) is 19.6. The van der Waals surface area contributed by atoms with Gasteiger partial charge in [-0.1, -0.05) is 0 Å². The van der Waals surface area contributed by atoms with E-state index in [1.807, 2.05) is 0 Å². The molecule has 5 N–H and O–H groups in total. The van der Waals surface area contributed by atoms with E-state index in [1.54, 1.807) is 18.2 Å². The average Bonchev–Trinajstić information content (AvgIpc) is 3.28. The molecule has 2 saturated heterocycles. The molecular weight excluding hydrogens is 548 g/mol. The number of rotatable bonds is 11. The molecule has 0 aromatic heterocycles. The lowest BCUT2D eigenvalue weighted by atomic mass is 9.99. The van der Waals surface area contributed by atoms with Gasteiger partial charge in [-0.15, -0.1) is 0 Å². The van der Waals surface area contributed by atoms with Gasteiger partial charge in [0.05, 0.1) is 40.1 Å². The van der Waals surface area contributed by atoms with Crippen LogP contribution < -0.4 is 18.9 Å². The molecule has 0 unspecified atom stereocenters. The van der Waals surface area contributed by atoms with Crippen LogP contribution in [0.25, 0.3) is 0 Å². The molecule has 2 aromatic rings. The van der Waals surface area contributed by atoms with Crippen molar-refractivity contribution < 1.29 is 68.2 Å². The highest BCUT2D eigenvalue weighted by Crippen LogP contribution is 2.33. The Kier molecular flexibility index (Phi) is 9.88. The SMILES string of the molecule is COc1ccc(C(=O)OC[C@@]2(O)CO[C@@H](OC[C@H]3O[C@@H](Oc4ccc(OC)c(OC)c4)[C@H](O)[C@@H](O)[C@@H]3O)[C@@H]2O)cc1. The third-order valence-corrected chi connectivity index (χ3v) is 6.79. The van der Waals surface area contributed by atoms with E-state index in [2.05, 4.69) is 0 Å². The Balaban J connectivity index is 1.33. The third-order valence-electron chi connectivity index (χ3n) is 6.79. The quantitative estimate of drug-likeness (QED) is 0.207. The van der Waals surface area contributed by atoms with Crippen LogP contribution in [0.4, 0.5) is 0 Å². The minimum absolute atomic E-state index is 0.213. The summed E-state index contributed by atoms with van der Waals surface area (Å²) in [6.45, 7) is -1.44. The number of carbonyl (C=O) groups is 1. The van der Waals surface area contributed by atoms with E-state index in [0.29, 0.717) is 17.2 Å². The maximum Gasteiger partial charge on any atom is 0.338 e. The van der Waals surface area contributed by atoms with Crippen molar-refractivity contribution in [3.8, 4) is 23.0 Å². The van der Waals surface area contributed by atoms with Gasteiger partial charge in [-0.05, 0) is 36.4 Å². The Morgan fingerprint density at radius 3 is 2.22 bits per heavy atom. The number of aliphatic hydroxyl groups excluding tert-OH is 4. The predicted octanol–water partition coefficient (Wildman–Crippen LogP) is -0.779. The molecule has 2 aliphatic rings. The van der Waals surface area contributed by atoms with Crippen LogP contribution in [0.5, 0.6) is 23.0 Å². The van der Waals surface area contributed by atoms with Gasteiger partial charge in [-0.25, -0.2) is 4.79 Å². The number of hydrogen-bond acceptors (Lipinski definition) is 14. The normalized spacial score (nSPS) is 31.4. The van der Waals surface area contributed by atoms with Gasteiger partial charge in [0, 0.05) is 6.07 Å². The number of methoxy groups -OCH3 is 3. The number of ether oxygens (including phenoxy) is 8. The van der Waals surface area contributed by atoms with Crippen molar-refractivity contribution in [3.63, 3.8) is 0 Å². The first-order valence-corrected chi connectivity index (χ1v) is 12.6. The zero-order valence-electron chi connectivity index (χ0n) is 22.6. The van der Waals surface area contributed by atoms with E-state index in [0.717, 1.165) is 0 Å². The van der Waals surface area contributed by atoms with Gasteiger partial charge in [-0.2, -0.15) is 0 Å². The fraction of sp³-hybridized carbons (Fsp3) is 0.519. The summed E-state index contributed by atoms with van der Waals surface area (Å²) in [6, 6.07) is 10.7. The molecule has 0 bridgehead atoms. The zero-order chi connectivity index (χ0) is 29.7. The Morgan fingerprint density at radius 2 is 1.56 bits per heavy atom. The summed E-state index contributed by atoms with van der Waals surface area (Å²) < 4.78 is 42.8. The van der Waals surface area contributed by atoms with Crippen molar-refractivity contribution >= 4 is 5.97 Å². The largest absolute Gasteiger partial charge is 0.497 e. The summed E-state index contributed by atoms with van der Waals surface area (Å²) in [6.07, 6.45) is -10.5. The van der Waals surface area contributed by atoms with Crippen LogP contribution in [0, 0.1) is 0 Å². The molecule has 8 atom stereocenters. The van der Waals surface area contributed by atoms with Gasteiger partial charge in [0.2, 0.25) is 6.29 Å². The highest BCUT2D eigenvalue weighted by Gasteiger charge is 2.51. The second kappa shape index (κ2) is 13.2. The molecule has 0 saturated carbocycles. The molecule has 226 valence electrons. The minimum atomic E-state index is -1.98. The maximum atomic E-state index is 12.3. The maximum absolute atomic E-state index is 12.3. The smallest absolute Gasteiger partial charge is 0.338 e. The van der Waals surface area contributed by atoms with Crippen LogP contribution in [-0.2, 0) is 18.9 Å². The van der Waals surface area contributed by atoms with Gasteiger partial charge in [-0.3, -0.25) is 0 Å². The molecule has 41 heavy (non-hydrogen) atoms. The molecular formula is C27H34O14. The predicted molar refractivity (Wildman–Crippen MR) is 137 cm³/mol. The Labute approximate surface area is 235 Å². The highest BCUT2D eigenvalue weighted by atomic mass is 16.7. The zero-order valence-corrected chi connectivity index (χ0v) is 22.6. The summed E-state index contributed by atoms with van der Waals surface area (Å²) in [5.74, 6) is 0.832. The number of benzene rings is 2. The van der Waals surface area contributed by atoms with Gasteiger partial charge in [0.1, 0.15) is 48.6 Å². The fourth-order valence-corrected chi connectivity index (χ4v) is 4.29. The van der Waals surface area contributed by atoms with E-state index < -0.39 is 74.5 Å². The van der Waals surface area contributed by atoms with Gasteiger partial charge in [0.15, 0.2) is 23.4 Å². The van der Waals surface area contributed by atoms with Gasteiger partial charge < -0.3 is 63.4 Å². The van der Waals surface area contributed by atoms with Crippen molar-refractivity contribution in [2.45, 2.75) is 48.7 Å². The summed E-state index contributed by atoms with van der Waals surface area (Å²) in [5, 5.41) is 52.7. The first-order valence-electron chi connectivity index (χ1n) is 12.6. The van der Waals surface area contributed by atoms with E-state index in [1.165, 1.54) is 45.6 Å². The lowest BCUT2D eigenvalue weighted by Gasteiger charge is -2.40. The molecule has 2 aliphatic heterocycles. The number of hydrogen-bond donors (Lipinski definition) is 5. The Bertz CT molecular complexity index is 1160. The van der Waals surface area contributed by atoms with E-state index in [9.17, 15) is 30.3 Å². The van der Waals surface area contributed by atoms with Gasteiger partial charge >= 0.3 is 5.97 Å². The molecule has 0 radical (unpaired) electrons. The lowest BCUT2D eigenvalue weighted by molar-refractivity contribution is -0.289. The average molecular weight is 583 g/mol. The topological polar surface area (TPSA) is 192 Å². The number of aliphatic hydroxyl groups is 5. The molecule has 14 nitrogen and oxygen atoms in total. The second-order valence-electron chi connectivity index (χ2n) is 9.52. The van der Waals surface area contributed by atoms with Crippen LogP contribution in [0.15, 0.2) is 42.5 Å². The molecule has 0 spiro atoms. The minimum Gasteiger partial charge on any atom is -0.497 e. The molecule has 2 fully saturated rings.